The van der Waals surface area contributed by atoms with Gasteiger partial charge in [0, 0.05) is 31.4 Å². The van der Waals surface area contributed by atoms with Crippen LogP contribution in [0.15, 0.2) is 6.07 Å². The summed E-state index contributed by atoms with van der Waals surface area (Å²) in [5.74, 6) is 2.68. The molecule has 2 heterocycles. The molecule has 0 saturated carbocycles. The topological polar surface area (TPSA) is 44.3 Å². The van der Waals surface area contributed by atoms with Crippen LogP contribution in [0.5, 0.6) is 0 Å². The minimum absolute atomic E-state index is 0.766. The lowest BCUT2D eigenvalue weighted by molar-refractivity contribution is 0.405. The number of aromatic nitrogens is 2. The van der Waals surface area contributed by atoms with Crippen molar-refractivity contribution in [2.45, 2.75) is 33.1 Å². The summed E-state index contributed by atoms with van der Waals surface area (Å²) in [5.41, 5.74) is 1.04. The quantitative estimate of drug-likeness (QED) is 0.815. The fourth-order valence-electron chi connectivity index (χ4n) is 2.63. The molecule has 0 unspecified atom stereocenters. The van der Waals surface area contributed by atoms with Gasteiger partial charge in [0.25, 0.3) is 0 Å². The molecule has 0 bridgehead atoms. The molecule has 1 N–H and O–H groups in total. The van der Waals surface area contributed by atoms with Gasteiger partial charge in [-0.3, -0.25) is 0 Å². The van der Waals surface area contributed by atoms with E-state index in [1.165, 1.54) is 12.8 Å². The molecule has 1 aliphatic rings. The van der Waals surface area contributed by atoms with Crippen LogP contribution in [-0.2, 0) is 0 Å². The molecule has 5 nitrogen and oxygen atoms in total. The highest BCUT2D eigenvalue weighted by Crippen LogP contribution is 2.22. The molecule has 0 atom stereocenters. The van der Waals surface area contributed by atoms with Gasteiger partial charge in [0.1, 0.15) is 5.82 Å². The predicted molar refractivity (Wildman–Crippen MR) is 89.0 cm³/mol. The van der Waals surface area contributed by atoms with Gasteiger partial charge >= 0.3 is 0 Å². The highest BCUT2D eigenvalue weighted by Gasteiger charge is 2.17. The number of rotatable bonds is 6. The molecule has 0 radical (unpaired) electrons. The zero-order valence-electron chi connectivity index (χ0n) is 13.9. The molecule has 1 aromatic heterocycles. The van der Waals surface area contributed by atoms with Crippen molar-refractivity contribution in [2.24, 2.45) is 5.92 Å². The van der Waals surface area contributed by atoms with Gasteiger partial charge in [-0.2, -0.15) is 4.98 Å². The molecule has 1 aromatic rings. The monoisotopic (exact) mass is 291 g/mol. The molecular formula is C16H29N5. The average Bonchev–Trinajstić information content (AvgIpc) is 2.43. The normalized spacial score (nSPS) is 16.5. The van der Waals surface area contributed by atoms with E-state index in [1.54, 1.807) is 0 Å². The van der Waals surface area contributed by atoms with Gasteiger partial charge in [0.2, 0.25) is 5.95 Å². The number of piperidine rings is 1. The van der Waals surface area contributed by atoms with Crippen LogP contribution in [0, 0.1) is 12.8 Å². The van der Waals surface area contributed by atoms with Crippen molar-refractivity contribution in [3.8, 4) is 0 Å². The second kappa shape index (κ2) is 7.59. The zero-order chi connectivity index (χ0) is 15.2. The highest BCUT2D eigenvalue weighted by molar-refractivity contribution is 5.45. The van der Waals surface area contributed by atoms with E-state index in [0.29, 0.717) is 0 Å². The Morgan fingerprint density at radius 2 is 2.00 bits per heavy atom. The lowest BCUT2D eigenvalue weighted by Gasteiger charge is -2.31. The van der Waals surface area contributed by atoms with Crippen molar-refractivity contribution in [3.63, 3.8) is 0 Å². The van der Waals surface area contributed by atoms with Crippen LogP contribution in [0.3, 0.4) is 0 Å². The van der Waals surface area contributed by atoms with Crippen LogP contribution < -0.4 is 10.2 Å². The summed E-state index contributed by atoms with van der Waals surface area (Å²) in [5, 5.41) is 3.35. The maximum absolute atomic E-state index is 4.69. The van der Waals surface area contributed by atoms with Crippen LogP contribution in [0.1, 0.15) is 31.9 Å². The SMILES string of the molecule is Cc1cc(N2CCC(C)CC2)nc(NCCCN(C)C)n1. The molecular weight excluding hydrogens is 262 g/mol. The predicted octanol–water partition coefficient (Wildman–Crippen LogP) is 2.38. The van der Waals surface area contributed by atoms with E-state index in [-0.39, 0.29) is 0 Å². The van der Waals surface area contributed by atoms with Crippen LogP contribution >= 0.6 is 0 Å². The minimum Gasteiger partial charge on any atom is -0.356 e. The first-order valence-electron chi connectivity index (χ1n) is 8.04. The van der Waals surface area contributed by atoms with Crippen LogP contribution in [-0.4, -0.2) is 55.1 Å². The largest absolute Gasteiger partial charge is 0.356 e. The molecule has 0 amide bonds. The lowest BCUT2D eigenvalue weighted by atomic mass is 9.99. The molecule has 0 spiro atoms. The van der Waals surface area contributed by atoms with Crippen LogP contribution in [0.4, 0.5) is 11.8 Å². The molecule has 2 rings (SSSR count). The summed E-state index contributed by atoms with van der Waals surface area (Å²) >= 11 is 0. The number of nitrogens with one attached hydrogen (secondary N) is 1. The Bertz CT molecular complexity index is 438. The fraction of sp³-hybridized carbons (Fsp3) is 0.750. The highest BCUT2D eigenvalue weighted by atomic mass is 15.2. The molecule has 0 aromatic carbocycles. The van der Waals surface area contributed by atoms with Gasteiger partial charge in [0.05, 0.1) is 0 Å². The van der Waals surface area contributed by atoms with E-state index in [9.17, 15) is 0 Å². The zero-order valence-corrected chi connectivity index (χ0v) is 13.9. The summed E-state index contributed by atoms with van der Waals surface area (Å²) in [4.78, 5) is 13.8. The summed E-state index contributed by atoms with van der Waals surface area (Å²) < 4.78 is 0. The average molecular weight is 291 g/mol. The van der Waals surface area contributed by atoms with Gasteiger partial charge in [-0.05, 0) is 52.7 Å². The molecule has 5 heteroatoms. The number of hydrogen-bond donors (Lipinski definition) is 1. The molecule has 0 aliphatic carbocycles. The lowest BCUT2D eigenvalue weighted by Crippen LogP contribution is -2.33. The van der Waals surface area contributed by atoms with E-state index < -0.39 is 0 Å². The third kappa shape index (κ3) is 5.16. The molecule has 1 aliphatic heterocycles. The first-order valence-corrected chi connectivity index (χ1v) is 8.04. The van der Waals surface area contributed by atoms with E-state index in [4.69, 9.17) is 0 Å². The Labute approximate surface area is 128 Å². The van der Waals surface area contributed by atoms with Crippen molar-refractivity contribution in [1.29, 1.82) is 0 Å². The third-order valence-electron chi connectivity index (χ3n) is 4.01. The first-order chi connectivity index (χ1) is 10.0. The fourth-order valence-corrected chi connectivity index (χ4v) is 2.63. The van der Waals surface area contributed by atoms with Crippen molar-refractivity contribution < 1.29 is 0 Å². The number of nitrogens with zero attached hydrogens (tertiary/aromatic N) is 4. The molecule has 21 heavy (non-hydrogen) atoms. The van der Waals surface area contributed by atoms with Crippen molar-refractivity contribution in [2.75, 3.05) is 50.5 Å². The van der Waals surface area contributed by atoms with E-state index >= 15 is 0 Å². The van der Waals surface area contributed by atoms with Crippen molar-refractivity contribution >= 4 is 11.8 Å². The van der Waals surface area contributed by atoms with Crippen LogP contribution in [0.25, 0.3) is 0 Å². The standard InChI is InChI=1S/C16H29N5/c1-13-6-10-21(11-7-13)15-12-14(2)18-16(19-15)17-8-5-9-20(3)4/h12-13H,5-11H2,1-4H3,(H,17,18,19). The smallest absolute Gasteiger partial charge is 0.224 e. The third-order valence-corrected chi connectivity index (χ3v) is 4.01. The summed E-state index contributed by atoms with van der Waals surface area (Å²) in [7, 11) is 4.19. The Balaban J connectivity index is 1.93. The van der Waals surface area contributed by atoms with E-state index in [0.717, 1.165) is 56.0 Å². The first kappa shape index (κ1) is 16.0. The summed E-state index contributed by atoms with van der Waals surface area (Å²) in [6.07, 6.45) is 3.62. The second-order valence-electron chi connectivity index (χ2n) is 6.44. The van der Waals surface area contributed by atoms with Gasteiger partial charge in [-0.25, -0.2) is 4.98 Å². The number of hydrogen-bond acceptors (Lipinski definition) is 5. The van der Waals surface area contributed by atoms with Crippen LogP contribution in [0.2, 0.25) is 0 Å². The summed E-state index contributed by atoms with van der Waals surface area (Å²) in [6, 6.07) is 2.10. The maximum Gasteiger partial charge on any atom is 0.224 e. The van der Waals surface area contributed by atoms with Crippen molar-refractivity contribution in [3.05, 3.63) is 11.8 Å². The van der Waals surface area contributed by atoms with Crippen molar-refractivity contribution in [1.82, 2.24) is 14.9 Å². The Hall–Kier alpha value is -1.36. The van der Waals surface area contributed by atoms with Gasteiger partial charge < -0.3 is 15.1 Å². The Kier molecular flexibility index (Phi) is 5.79. The van der Waals surface area contributed by atoms with Gasteiger partial charge in [-0.15, -0.1) is 0 Å². The Morgan fingerprint density at radius 3 is 2.67 bits per heavy atom. The van der Waals surface area contributed by atoms with E-state index in [1.807, 2.05) is 6.92 Å². The van der Waals surface area contributed by atoms with Gasteiger partial charge in [0.15, 0.2) is 0 Å². The van der Waals surface area contributed by atoms with E-state index in [2.05, 4.69) is 52.2 Å². The molecule has 118 valence electrons. The minimum atomic E-state index is 0.766. The number of aryl methyl sites for hydroxylation is 1. The summed E-state index contributed by atoms with van der Waals surface area (Å²) in [6.45, 7) is 8.59. The molecule has 1 saturated heterocycles. The Morgan fingerprint density at radius 1 is 1.29 bits per heavy atom. The second-order valence-corrected chi connectivity index (χ2v) is 6.44. The molecule has 1 fully saturated rings. The van der Waals surface area contributed by atoms with Gasteiger partial charge in [-0.1, -0.05) is 6.92 Å². The number of anilines is 2. The maximum atomic E-state index is 4.69.